The molecule has 2 rings (SSSR count). The minimum absolute atomic E-state index is 0.00322. The molecule has 9 nitrogen and oxygen atoms in total. The highest BCUT2D eigenvalue weighted by Crippen LogP contribution is 2.27. The van der Waals surface area contributed by atoms with Crippen molar-refractivity contribution >= 4 is 28.9 Å². The molecule has 0 fully saturated rings. The van der Waals surface area contributed by atoms with Crippen LogP contribution in [0.2, 0.25) is 5.02 Å². The number of anilines is 1. The molecule has 1 aromatic heterocycles. The number of hydrogen-bond donors (Lipinski definition) is 1. The maximum Gasteiger partial charge on any atom is 0.289 e. The van der Waals surface area contributed by atoms with Gasteiger partial charge in [-0.2, -0.15) is 0 Å². The molecule has 0 spiro atoms. The molecule has 2 aromatic rings. The third kappa shape index (κ3) is 3.22. The van der Waals surface area contributed by atoms with E-state index in [4.69, 9.17) is 11.6 Å². The van der Waals surface area contributed by atoms with Crippen LogP contribution < -0.4 is 5.32 Å². The fourth-order valence-corrected chi connectivity index (χ4v) is 1.52. The average Bonchev–Trinajstić information content (AvgIpc) is 2.84. The summed E-state index contributed by atoms with van der Waals surface area (Å²) in [7, 11) is 0. The zero-order valence-electron chi connectivity index (χ0n) is 9.36. The Morgan fingerprint density at radius 2 is 2.32 bits per heavy atom. The third-order valence-corrected chi connectivity index (χ3v) is 2.44. The van der Waals surface area contributed by atoms with Crippen molar-refractivity contribution in [3.05, 3.63) is 39.7 Å². The summed E-state index contributed by atoms with van der Waals surface area (Å²) in [4.78, 5) is 21.7. The highest BCUT2D eigenvalue weighted by Gasteiger charge is 2.14. The van der Waals surface area contributed by atoms with Crippen molar-refractivity contribution < 1.29 is 9.72 Å². The number of nitro benzene ring substituents is 1. The van der Waals surface area contributed by atoms with E-state index in [1.807, 2.05) is 0 Å². The van der Waals surface area contributed by atoms with Crippen molar-refractivity contribution in [1.29, 1.82) is 0 Å². The maximum absolute atomic E-state index is 11.6. The average molecular weight is 283 g/mol. The summed E-state index contributed by atoms with van der Waals surface area (Å²) in [5.41, 5.74) is -0.00364. The van der Waals surface area contributed by atoms with Crippen molar-refractivity contribution in [2.75, 3.05) is 5.32 Å². The largest absolute Gasteiger partial charge is 0.324 e. The smallest absolute Gasteiger partial charge is 0.289 e. The summed E-state index contributed by atoms with van der Waals surface area (Å²) < 4.78 is 1.22. The lowest BCUT2D eigenvalue weighted by Gasteiger charge is -2.05. The van der Waals surface area contributed by atoms with Gasteiger partial charge in [0, 0.05) is 11.8 Å². The van der Waals surface area contributed by atoms with E-state index in [9.17, 15) is 14.9 Å². The van der Waals surface area contributed by atoms with Gasteiger partial charge in [0.15, 0.2) is 0 Å². The summed E-state index contributed by atoms with van der Waals surface area (Å²) in [5, 5.41) is 23.5. The summed E-state index contributed by atoms with van der Waals surface area (Å²) in [6, 6.07) is 3.99. The molecular formula is C9H7ClN6O3. The second kappa shape index (κ2) is 5.40. The summed E-state index contributed by atoms with van der Waals surface area (Å²) in [6.07, 6.45) is 1.28. The van der Waals surface area contributed by atoms with E-state index in [-0.39, 0.29) is 22.9 Å². The number of benzene rings is 1. The van der Waals surface area contributed by atoms with Gasteiger partial charge in [0.2, 0.25) is 5.91 Å². The zero-order valence-corrected chi connectivity index (χ0v) is 10.1. The van der Waals surface area contributed by atoms with Crippen LogP contribution in [0.25, 0.3) is 0 Å². The van der Waals surface area contributed by atoms with Crippen LogP contribution in [0.15, 0.2) is 24.5 Å². The standard InChI is InChI=1S/C9H7ClN6O3/c10-7-2-1-6(3-8(7)16(18)19)12-9(17)4-15-5-11-13-14-15/h1-3,5H,4H2,(H,12,17). The van der Waals surface area contributed by atoms with Gasteiger partial charge in [-0.05, 0) is 22.6 Å². The number of carbonyl (C=O) groups excluding carboxylic acids is 1. The molecule has 1 N–H and O–H groups in total. The minimum atomic E-state index is -0.626. The number of rotatable bonds is 4. The van der Waals surface area contributed by atoms with E-state index in [0.29, 0.717) is 0 Å². The van der Waals surface area contributed by atoms with Gasteiger partial charge in [0.05, 0.1) is 4.92 Å². The molecule has 0 unspecified atom stereocenters. The number of nitrogens with one attached hydrogen (secondary N) is 1. The minimum Gasteiger partial charge on any atom is -0.324 e. The normalized spacial score (nSPS) is 10.2. The van der Waals surface area contributed by atoms with Gasteiger partial charge in [-0.25, -0.2) is 4.68 Å². The summed E-state index contributed by atoms with van der Waals surface area (Å²) in [6.45, 7) is -0.0938. The van der Waals surface area contributed by atoms with Crippen LogP contribution in [0.3, 0.4) is 0 Å². The van der Waals surface area contributed by atoms with Crippen molar-refractivity contribution in [1.82, 2.24) is 20.2 Å². The van der Waals surface area contributed by atoms with Crippen molar-refractivity contribution in [3.63, 3.8) is 0 Å². The van der Waals surface area contributed by atoms with Crippen LogP contribution in [0.4, 0.5) is 11.4 Å². The number of tetrazole rings is 1. The topological polar surface area (TPSA) is 116 Å². The van der Waals surface area contributed by atoms with Gasteiger partial charge in [-0.1, -0.05) is 11.6 Å². The highest BCUT2D eigenvalue weighted by molar-refractivity contribution is 6.32. The van der Waals surface area contributed by atoms with E-state index in [2.05, 4.69) is 20.8 Å². The van der Waals surface area contributed by atoms with Gasteiger partial charge >= 0.3 is 0 Å². The summed E-state index contributed by atoms with van der Waals surface area (Å²) >= 11 is 5.66. The summed E-state index contributed by atoms with van der Waals surface area (Å²) in [5.74, 6) is -0.413. The number of halogens is 1. The predicted octanol–water partition coefficient (Wildman–Crippen LogP) is 0.873. The molecular weight excluding hydrogens is 276 g/mol. The first kappa shape index (κ1) is 12.9. The van der Waals surface area contributed by atoms with E-state index in [1.54, 1.807) is 0 Å². The van der Waals surface area contributed by atoms with Crippen molar-refractivity contribution in [3.8, 4) is 0 Å². The molecule has 98 valence electrons. The molecule has 0 radical (unpaired) electrons. The van der Waals surface area contributed by atoms with Gasteiger partial charge in [0.25, 0.3) is 5.69 Å². The molecule has 19 heavy (non-hydrogen) atoms. The first-order valence-corrected chi connectivity index (χ1v) is 5.38. The van der Waals surface area contributed by atoms with E-state index < -0.39 is 10.8 Å². The first-order valence-electron chi connectivity index (χ1n) is 5.01. The Hall–Kier alpha value is -2.55. The second-order valence-corrected chi connectivity index (χ2v) is 3.89. The van der Waals surface area contributed by atoms with Crippen LogP contribution in [-0.2, 0) is 11.3 Å². The van der Waals surface area contributed by atoms with Gasteiger partial charge in [-0.15, -0.1) is 5.10 Å². The molecule has 0 saturated carbocycles. The Bertz CT molecular complexity index is 614. The molecule has 0 saturated heterocycles. The fraction of sp³-hybridized carbons (Fsp3) is 0.111. The fourth-order valence-electron chi connectivity index (χ4n) is 1.33. The molecule has 0 bridgehead atoms. The van der Waals surface area contributed by atoms with Crippen LogP contribution in [0, 0.1) is 10.1 Å². The van der Waals surface area contributed by atoms with Crippen LogP contribution in [0.1, 0.15) is 0 Å². The number of nitro groups is 1. The number of nitrogens with zero attached hydrogens (tertiary/aromatic N) is 5. The SMILES string of the molecule is O=C(Cn1cnnn1)Nc1ccc(Cl)c([N+](=O)[O-])c1. The second-order valence-electron chi connectivity index (χ2n) is 3.48. The Morgan fingerprint density at radius 3 is 2.95 bits per heavy atom. The van der Waals surface area contributed by atoms with E-state index in [0.717, 1.165) is 0 Å². The van der Waals surface area contributed by atoms with E-state index >= 15 is 0 Å². The zero-order chi connectivity index (χ0) is 13.8. The lowest BCUT2D eigenvalue weighted by molar-refractivity contribution is -0.384. The lowest BCUT2D eigenvalue weighted by atomic mass is 10.3. The van der Waals surface area contributed by atoms with Gasteiger partial charge < -0.3 is 5.32 Å². The Labute approximate surface area is 111 Å². The molecule has 1 amide bonds. The van der Waals surface area contributed by atoms with Crippen molar-refractivity contribution in [2.45, 2.75) is 6.54 Å². The van der Waals surface area contributed by atoms with Crippen molar-refractivity contribution in [2.24, 2.45) is 0 Å². The van der Waals surface area contributed by atoms with Crippen LogP contribution in [-0.4, -0.2) is 31.0 Å². The maximum atomic E-state index is 11.6. The van der Waals surface area contributed by atoms with Gasteiger partial charge in [-0.3, -0.25) is 14.9 Å². The Kier molecular flexibility index (Phi) is 3.66. The molecule has 0 aliphatic heterocycles. The number of carbonyl (C=O) groups is 1. The molecule has 1 heterocycles. The number of amides is 1. The molecule has 0 aliphatic carbocycles. The first-order chi connectivity index (χ1) is 9.06. The highest BCUT2D eigenvalue weighted by atomic mass is 35.5. The monoisotopic (exact) mass is 282 g/mol. The Morgan fingerprint density at radius 1 is 1.53 bits per heavy atom. The lowest BCUT2D eigenvalue weighted by Crippen LogP contribution is -2.19. The quantitative estimate of drug-likeness (QED) is 0.657. The molecule has 1 aromatic carbocycles. The predicted molar refractivity (Wildman–Crippen MR) is 64.6 cm³/mol. The van der Waals surface area contributed by atoms with Crippen LogP contribution >= 0.6 is 11.6 Å². The third-order valence-electron chi connectivity index (χ3n) is 2.12. The van der Waals surface area contributed by atoms with Gasteiger partial charge in [0.1, 0.15) is 17.9 Å². The van der Waals surface area contributed by atoms with Crippen LogP contribution in [0.5, 0.6) is 0 Å². The number of hydrogen-bond acceptors (Lipinski definition) is 6. The number of aromatic nitrogens is 4. The van der Waals surface area contributed by atoms with E-state index in [1.165, 1.54) is 29.2 Å². The molecule has 0 atom stereocenters. The molecule has 10 heteroatoms. The Balaban J connectivity index is 2.09. The molecule has 0 aliphatic rings.